The Morgan fingerprint density at radius 2 is 1.64 bits per heavy atom. The number of hydrogen-bond acceptors (Lipinski definition) is 3. The van der Waals surface area contributed by atoms with Gasteiger partial charge in [0.15, 0.2) is 5.79 Å². The quantitative estimate of drug-likeness (QED) is 0.510. The van der Waals surface area contributed by atoms with Gasteiger partial charge in [-0.15, -0.1) is 0 Å². The highest BCUT2D eigenvalue weighted by molar-refractivity contribution is 4.81. The topological polar surface area (TPSA) is 21.7 Å². The molecule has 2 rings (SSSR count). The summed E-state index contributed by atoms with van der Waals surface area (Å²) in [6.07, 6.45) is 2.06. The minimum atomic E-state index is -0.188. The summed E-state index contributed by atoms with van der Waals surface area (Å²) >= 11 is 0. The summed E-state index contributed by atoms with van der Waals surface area (Å²) in [5.74, 6) is -0.188. The van der Waals surface area contributed by atoms with Gasteiger partial charge in [0.1, 0.15) is 0 Å². The van der Waals surface area contributed by atoms with Gasteiger partial charge in [-0.2, -0.15) is 0 Å². The van der Waals surface area contributed by atoms with E-state index in [-0.39, 0.29) is 5.79 Å². The zero-order valence-electron chi connectivity index (χ0n) is 7.01. The van der Waals surface area contributed by atoms with E-state index in [2.05, 4.69) is 11.9 Å². The molecule has 0 saturated carbocycles. The van der Waals surface area contributed by atoms with Crippen molar-refractivity contribution in [2.75, 3.05) is 33.4 Å². The molecule has 0 aromatic heterocycles. The molecule has 0 aromatic carbocycles. The number of rotatable bonds is 0. The van der Waals surface area contributed by atoms with Crippen LogP contribution in [0.2, 0.25) is 0 Å². The van der Waals surface area contributed by atoms with Crippen LogP contribution in [-0.4, -0.2) is 44.0 Å². The van der Waals surface area contributed by atoms with E-state index in [4.69, 9.17) is 9.47 Å². The first kappa shape index (κ1) is 7.53. The van der Waals surface area contributed by atoms with Crippen molar-refractivity contribution in [1.29, 1.82) is 0 Å². The van der Waals surface area contributed by atoms with Crippen LogP contribution in [0.3, 0.4) is 0 Å². The van der Waals surface area contributed by atoms with E-state index in [9.17, 15) is 0 Å². The predicted molar refractivity (Wildman–Crippen MR) is 41.4 cm³/mol. The first-order chi connectivity index (χ1) is 5.31. The molecule has 0 atom stereocenters. The molecule has 2 fully saturated rings. The Morgan fingerprint density at radius 3 is 2.18 bits per heavy atom. The minimum Gasteiger partial charge on any atom is -0.347 e. The standard InChI is InChI=1S/C8H15NO2/c1-9-4-2-8(3-5-9)10-6-7-11-8/h2-7H2,1H3. The third kappa shape index (κ3) is 1.41. The SMILES string of the molecule is CN1CCC2(CC1)OCCO2. The number of hydrogen-bond donors (Lipinski definition) is 0. The molecule has 0 amide bonds. The second kappa shape index (κ2) is 2.73. The summed E-state index contributed by atoms with van der Waals surface area (Å²) < 4.78 is 11.2. The molecule has 0 radical (unpaired) electrons. The van der Waals surface area contributed by atoms with Gasteiger partial charge in [-0.3, -0.25) is 0 Å². The van der Waals surface area contributed by atoms with Gasteiger partial charge in [-0.05, 0) is 7.05 Å². The van der Waals surface area contributed by atoms with Gasteiger partial charge in [0.25, 0.3) is 0 Å². The van der Waals surface area contributed by atoms with Crippen LogP contribution in [0, 0.1) is 0 Å². The van der Waals surface area contributed by atoms with E-state index in [1.54, 1.807) is 0 Å². The van der Waals surface area contributed by atoms with Crippen molar-refractivity contribution in [2.24, 2.45) is 0 Å². The molecule has 2 saturated heterocycles. The monoisotopic (exact) mass is 157 g/mol. The van der Waals surface area contributed by atoms with Gasteiger partial charge in [0.2, 0.25) is 0 Å². The normalized spacial score (nSPS) is 31.4. The van der Waals surface area contributed by atoms with E-state index in [0.717, 1.165) is 39.1 Å². The molecule has 1 spiro atoms. The third-order valence-electron chi connectivity index (χ3n) is 2.56. The number of nitrogens with zero attached hydrogens (tertiary/aromatic N) is 1. The zero-order valence-corrected chi connectivity index (χ0v) is 7.01. The highest BCUT2D eigenvalue weighted by atomic mass is 16.7. The van der Waals surface area contributed by atoms with E-state index in [0.29, 0.717) is 0 Å². The highest BCUT2D eigenvalue weighted by Gasteiger charge is 2.38. The van der Waals surface area contributed by atoms with Gasteiger partial charge in [0.05, 0.1) is 13.2 Å². The summed E-state index contributed by atoms with van der Waals surface area (Å²) in [6, 6.07) is 0. The van der Waals surface area contributed by atoms with Crippen LogP contribution < -0.4 is 0 Å². The fraction of sp³-hybridized carbons (Fsp3) is 1.00. The van der Waals surface area contributed by atoms with Crippen molar-refractivity contribution in [3.63, 3.8) is 0 Å². The molecule has 2 heterocycles. The lowest BCUT2D eigenvalue weighted by atomic mass is 10.0. The van der Waals surface area contributed by atoms with Gasteiger partial charge in [-0.25, -0.2) is 0 Å². The maximum atomic E-state index is 5.58. The number of ether oxygens (including phenoxy) is 2. The molecule has 11 heavy (non-hydrogen) atoms. The second-order valence-corrected chi connectivity index (χ2v) is 3.41. The van der Waals surface area contributed by atoms with Gasteiger partial charge in [-0.1, -0.05) is 0 Å². The summed E-state index contributed by atoms with van der Waals surface area (Å²) in [7, 11) is 2.14. The summed E-state index contributed by atoms with van der Waals surface area (Å²) in [4.78, 5) is 2.32. The molecule has 0 aliphatic carbocycles. The molecule has 3 nitrogen and oxygen atoms in total. The number of piperidine rings is 1. The lowest BCUT2D eigenvalue weighted by Crippen LogP contribution is -2.43. The average molecular weight is 157 g/mol. The first-order valence-corrected chi connectivity index (χ1v) is 4.27. The molecule has 0 aromatic rings. The van der Waals surface area contributed by atoms with Gasteiger partial charge < -0.3 is 14.4 Å². The highest BCUT2D eigenvalue weighted by Crippen LogP contribution is 2.30. The second-order valence-electron chi connectivity index (χ2n) is 3.41. The first-order valence-electron chi connectivity index (χ1n) is 4.27. The van der Waals surface area contributed by atoms with Gasteiger partial charge >= 0.3 is 0 Å². The summed E-state index contributed by atoms with van der Waals surface area (Å²) in [5, 5.41) is 0. The van der Waals surface area contributed by atoms with E-state index in [1.807, 2.05) is 0 Å². The zero-order chi connectivity index (χ0) is 7.73. The largest absolute Gasteiger partial charge is 0.347 e. The maximum absolute atomic E-state index is 5.58. The summed E-state index contributed by atoms with van der Waals surface area (Å²) in [5.41, 5.74) is 0. The smallest absolute Gasteiger partial charge is 0.170 e. The van der Waals surface area contributed by atoms with Crippen molar-refractivity contribution in [2.45, 2.75) is 18.6 Å². The Labute approximate surface area is 67.3 Å². The van der Waals surface area contributed by atoms with Crippen LogP contribution in [0.25, 0.3) is 0 Å². The molecule has 0 unspecified atom stereocenters. The van der Waals surface area contributed by atoms with E-state index < -0.39 is 0 Å². The lowest BCUT2D eigenvalue weighted by Gasteiger charge is -2.35. The Bertz CT molecular complexity index is 133. The Balaban J connectivity index is 1.94. The Kier molecular flexibility index (Phi) is 1.87. The minimum absolute atomic E-state index is 0.188. The number of likely N-dealkylation sites (tertiary alicyclic amines) is 1. The van der Waals surface area contributed by atoms with Crippen molar-refractivity contribution in [3.8, 4) is 0 Å². The van der Waals surface area contributed by atoms with Crippen LogP contribution in [0.5, 0.6) is 0 Å². The van der Waals surface area contributed by atoms with Crippen molar-refractivity contribution >= 4 is 0 Å². The Morgan fingerprint density at radius 1 is 1.09 bits per heavy atom. The molecular weight excluding hydrogens is 142 g/mol. The fourth-order valence-electron chi connectivity index (χ4n) is 1.74. The van der Waals surface area contributed by atoms with Crippen molar-refractivity contribution in [3.05, 3.63) is 0 Å². The van der Waals surface area contributed by atoms with Crippen LogP contribution in [0.1, 0.15) is 12.8 Å². The molecule has 64 valence electrons. The van der Waals surface area contributed by atoms with Crippen LogP contribution in [0.15, 0.2) is 0 Å². The van der Waals surface area contributed by atoms with Crippen molar-refractivity contribution < 1.29 is 9.47 Å². The average Bonchev–Trinajstić information content (AvgIpc) is 2.45. The maximum Gasteiger partial charge on any atom is 0.170 e. The summed E-state index contributed by atoms with van der Waals surface area (Å²) in [6.45, 7) is 3.76. The molecule has 0 bridgehead atoms. The van der Waals surface area contributed by atoms with Crippen LogP contribution >= 0.6 is 0 Å². The molecule has 3 heteroatoms. The van der Waals surface area contributed by atoms with Crippen LogP contribution in [-0.2, 0) is 9.47 Å². The fourth-order valence-corrected chi connectivity index (χ4v) is 1.74. The van der Waals surface area contributed by atoms with Crippen LogP contribution in [0.4, 0.5) is 0 Å². The molecule has 2 aliphatic heterocycles. The predicted octanol–water partition coefficient (Wildman–Crippen LogP) is 0.455. The lowest BCUT2D eigenvalue weighted by molar-refractivity contribution is -0.183. The molecule has 0 N–H and O–H groups in total. The van der Waals surface area contributed by atoms with E-state index >= 15 is 0 Å². The molecular formula is C8H15NO2. The van der Waals surface area contributed by atoms with Gasteiger partial charge in [0, 0.05) is 25.9 Å². The third-order valence-corrected chi connectivity index (χ3v) is 2.56. The van der Waals surface area contributed by atoms with E-state index in [1.165, 1.54) is 0 Å². The van der Waals surface area contributed by atoms with Crippen molar-refractivity contribution in [1.82, 2.24) is 4.90 Å². The Hall–Kier alpha value is -0.120. The molecule has 2 aliphatic rings.